The number of non-ortho nitro benzene ring substituents is 1. The van der Waals surface area contributed by atoms with Crippen molar-refractivity contribution in [1.82, 2.24) is 4.98 Å². The van der Waals surface area contributed by atoms with Gasteiger partial charge in [-0.05, 0) is 31.2 Å². The first-order chi connectivity index (χ1) is 10.5. The van der Waals surface area contributed by atoms with Crippen molar-refractivity contribution in [3.63, 3.8) is 0 Å². The fourth-order valence-electron chi connectivity index (χ4n) is 1.60. The van der Waals surface area contributed by atoms with Gasteiger partial charge in [0.1, 0.15) is 0 Å². The molecule has 0 spiro atoms. The lowest BCUT2D eigenvalue weighted by atomic mass is 10.3. The van der Waals surface area contributed by atoms with Gasteiger partial charge in [-0.25, -0.2) is 4.98 Å². The number of nitro groups is 1. The lowest BCUT2D eigenvalue weighted by Gasteiger charge is -2.12. The van der Waals surface area contributed by atoms with Gasteiger partial charge in [0.05, 0.1) is 15.2 Å². The first-order valence-corrected chi connectivity index (χ1v) is 7.55. The number of pyridine rings is 1. The summed E-state index contributed by atoms with van der Waals surface area (Å²) in [6, 6.07) is 9.34. The Balaban J connectivity index is 1.99. The third kappa shape index (κ3) is 4.19. The van der Waals surface area contributed by atoms with E-state index in [0.29, 0.717) is 10.8 Å². The Kier molecular flexibility index (Phi) is 5.35. The molecule has 0 fully saturated rings. The third-order valence-electron chi connectivity index (χ3n) is 2.73. The van der Waals surface area contributed by atoms with E-state index in [-0.39, 0.29) is 11.6 Å². The molecular weight excluding hydrogens is 326 g/mol. The molecule has 1 atom stereocenters. The van der Waals surface area contributed by atoms with Gasteiger partial charge in [-0.2, -0.15) is 0 Å². The number of aromatic nitrogens is 1. The van der Waals surface area contributed by atoms with Crippen molar-refractivity contribution in [3.8, 4) is 0 Å². The Morgan fingerprint density at radius 1 is 1.36 bits per heavy atom. The predicted octanol–water partition coefficient (Wildman–Crippen LogP) is 3.76. The van der Waals surface area contributed by atoms with Crippen LogP contribution in [0.5, 0.6) is 0 Å². The Hall–Kier alpha value is -2.12. The Morgan fingerprint density at radius 2 is 2.05 bits per heavy atom. The maximum Gasteiger partial charge on any atom is 0.269 e. The van der Waals surface area contributed by atoms with Crippen LogP contribution in [0.1, 0.15) is 6.92 Å². The number of thioether (sulfide) groups is 1. The SMILES string of the molecule is C[C@@H](Sc1ccc([N+](=O)[O-])cc1)C(=O)Nc1ncccc1Cl. The number of benzene rings is 1. The van der Waals surface area contributed by atoms with Crippen LogP contribution in [0, 0.1) is 10.1 Å². The zero-order valence-corrected chi connectivity index (χ0v) is 13.1. The molecule has 8 heteroatoms. The summed E-state index contributed by atoms with van der Waals surface area (Å²) in [5.74, 6) is 0.0641. The lowest BCUT2D eigenvalue weighted by molar-refractivity contribution is -0.384. The number of rotatable bonds is 5. The first-order valence-electron chi connectivity index (χ1n) is 6.30. The monoisotopic (exact) mass is 337 g/mol. The average Bonchev–Trinajstić information content (AvgIpc) is 2.50. The molecule has 1 amide bonds. The smallest absolute Gasteiger partial charge is 0.269 e. The Labute approximate surface area is 136 Å². The van der Waals surface area contributed by atoms with E-state index in [1.807, 2.05) is 0 Å². The number of nitrogens with zero attached hydrogens (tertiary/aromatic N) is 2. The highest BCUT2D eigenvalue weighted by atomic mass is 35.5. The number of carbonyl (C=O) groups excluding carboxylic acids is 1. The molecule has 0 aliphatic heterocycles. The summed E-state index contributed by atoms with van der Waals surface area (Å²) in [4.78, 5) is 27.0. The maximum absolute atomic E-state index is 12.1. The normalized spacial score (nSPS) is 11.7. The van der Waals surface area contributed by atoms with E-state index >= 15 is 0 Å². The molecule has 114 valence electrons. The number of nitro benzene ring substituents is 1. The highest BCUT2D eigenvalue weighted by Crippen LogP contribution is 2.26. The van der Waals surface area contributed by atoms with E-state index in [1.165, 1.54) is 30.1 Å². The van der Waals surface area contributed by atoms with Crippen LogP contribution >= 0.6 is 23.4 Å². The second-order valence-electron chi connectivity index (χ2n) is 4.33. The van der Waals surface area contributed by atoms with Crippen LogP contribution in [-0.2, 0) is 4.79 Å². The van der Waals surface area contributed by atoms with Gasteiger partial charge in [0, 0.05) is 23.2 Å². The van der Waals surface area contributed by atoms with E-state index in [4.69, 9.17) is 11.6 Å². The Morgan fingerprint density at radius 3 is 2.64 bits per heavy atom. The van der Waals surface area contributed by atoms with Gasteiger partial charge in [-0.15, -0.1) is 11.8 Å². The third-order valence-corrected chi connectivity index (χ3v) is 4.15. The highest BCUT2D eigenvalue weighted by Gasteiger charge is 2.16. The molecule has 2 aromatic rings. The Bertz CT molecular complexity index is 694. The van der Waals surface area contributed by atoms with E-state index in [9.17, 15) is 14.9 Å². The van der Waals surface area contributed by atoms with Crippen LogP contribution in [0.2, 0.25) is 5.02 Å². The van der Waals surface area contributed by atoms with Crippen molar-refractivity contribution >= 4 is 40.8 Å². The molecule has 0 unspecified atom stereocenters. The number of carbonyl (C=O) groups is 1. The maximum atomic E-state index is 12.1. The van der Waals surface area contributed by atoms with Crippen LogP contribution in [-0.4, -0.2) is 21.1 Å². The number of hydrogen-bond donors (Lipinski definition) is 1. The molecule has 0 bridgehead atoms. The summed E-state index contributed by atoms with van der Waals surface area (Å²) in [7, 11) is 0. The lowest BCUT2D eigenvalue weighted by Crippen LogP contribution is -2.23. The summed E-state index contributed by atoms with van der Waals surface area (Å²) in [6.07, 6.45) is 1.54. The number of halogens is 1. The summed E-state index contributed by atoms with van der Waals surface area (Å²) in [6.45, 7) is 1.73. The summed E-state index contributed by atoms with van der Waals surface area (Å²) in [5.41, 5.74) is 0.0155. The molecule has 1 aromatic carbocycles. The average molecular weight is 338 g/mol. The molecule has 1 heterocycles. The molecule has 1 aromatic heterocycles. The molecular formula is C14H12ClN3O3S. The standard InChI is InChI=1S/C14H12ClN3O3S/c1-9(14(19)17-13-12(15)3-2-8-16-13)22-11-6-4-10(5-7-11)18(20)21/h2-9H,1H3,(H,16,17,19)/t9-/m1/s1. The molecule has 6 nitrogen and oxygen atoms in total. The van der Waals surface area contributed by atoms with Crippen molar-refractivity contribution in [3.05, 3.63) is 57.7 Å². The number of amides is 1. The second kappa shape index (κ2) is 7.24. The van der Waals surface area contributed by atoms with Crippen molar-refractivity contribution in [2.75, 3.05) is 5.32 Å². The molecule has 22 heavy (non-hydrogen) atoms. The van der Waals surface area contributed by atoms with Crippen LogP contribution in [0.4, 0.5) is 11.5 Å². The van der Waals surface area contributed by atoms with Gasteiger partial charge in [0.25, 0.3) is 5.69 Å². The topological polar surface area (TPSA) is 85.1 Å². The number of nitrogens with one attached hydrogen (secondary N) is 1. The highest BCUT2D eigenvalue weighted by molar-refractivity contribution is 8.00. The van der Waals surface area contributed by atoms with Gasteiger partial charge < -0.3 is 5.32 Å². The van der Waals surface area contributed by atoms with Crippen molar-refractivity contribution in [1.29, 1.82) is 0 Å². The fourth-order valence-corrected chi connectivity index (χ4v) is 2.64. The van der Waals surface area contributed by atoms with E-state index in [2.05, 4.69) is 10.3 Å². The van der Waals surface area contributed by atoms with Gasteiger partial charge in [-0.3, -0.25) is 14.9 Å². The molecule has 0 saturated heterocycles. The second-order valence-corrected chi connectivity index (χ2v) is 6.16. The van der Waals surface area contributed by atoms with Crippen molar-refractivity contribution in [2.24, 2.45) is 0 Å². The van der Waals surface area contributed by atoms with Crippen molar-refractivity contribution < 1.29 is 9.72 Å². The molecule has 2 rings (SSSR count). The zero-order valence-electron chi connectivity index (χ0n) is 11.5. The van der Waals surface area contributed by atoms with Gasteiger partial charge in [0.15, 0.2) is 5.82 Å². The minimum absolute atomic E-state index is 0.0155. The van der Waals surface area contributed by atoms with Crippen LogP contribution in [0.3, 0.4) is 0 Å². The molecule has 0 aliphatic carbocycles. The fraction of sp³-hybridized carbons (Fsp3) is 0.143. The van der Waals surface area contributed by atoms with Crippen LogP contribution in [0.25, 0.3) is 0 Å². The zero-order chi connectivity index (χ0) is 16.1. The molecule has 0 aliphatic rings. The number of hydrogen-bond acceptors (Lipinski definition) is 5. The van der Waals surface area contributed by atoms with Crippen LogP contribution < -0.4 is 5.32 Å². The quantitative estimate of drug-likeness (QED) is 0.510. The molecule has 1 N–H and O–H groups in total. The van der Waals surface area contributed by atoms with E-state index in [1.54, 1.807) is 31.2 Å². The van der Waals surface area contributed by atoms with Crippen LogP contribution in [0.15, 0.2) is 47.5 Å². The largest absolute Gasteiger partial charge is 0.308 e. The molecule has 0 radical (unpaired) electrons. The minimum Gasteiger partial charge on any atom is -0.308 e. The van der Waals surface area contributed by atoms with Gasteiger partial charge in [0.2, 0.25) is 5.91 Å². The number of anilines is 1. The summed E-state index contributed by atoms with van der Waals surface area (Å²) >= 11 is 7.22. The van der Waals surface area contributed by atoms with Crippen molar-refractivity contribution in [2.45, 2.75) is 17.1 Å². The molecule has 0 saturated carbocycles. The van der Waals surface area contributed by atoms with Gasteiger partial charge >= 0.3 is 0 Å². The summed E-state index contributed by atoms with van der Waals surface area (Å²) < 4.78 is 0. The predicted molar refractivity (Wildman–Crippen MR) is 86.3 cm³/mol. The van der Waals surface area contributed by atoms with E-state index < -0.39 is 10.2 Å². The first kappa shape index (κ1) is 16.3. The minimum atomic E-state index is -0.465. The van der Waals surface area contributed by atoms with E-state index in [0.717, 1.165) is 4.90 Å². The van der Waals surface area contributed by atoms with Gasteiger partial charge in [-0.1, -0.05) is 11.6 Å². The summed E-state index contributed by atoms with van der Waals surface area (Å²) in [5, 5.41) is 13.2.